The van der Waals surface area contributed by atoms with Crippen LogP contribution in [-0.2, 0) is 0 Å². The van der Waals surface area contributed by atoms with Crippen molar-refractivity contribution in [3.8, 4) is 0 Å². The fourth-order valence-electron chi connectivity index (χ4n) is 2.54. The van der Waals surface area contributed by atoms with Gasteiger partial charge in [0.1, 0.15) is 5.82 Å². The molecule has 1 saturated heterocycles. The van der Waals surface area contributed by atoms with Crippen LogP contribution in [0.1, 0.15) is 39.3 Å². The zero-order valence-corrected chi connectivity index (χ0v) is 11.9. The zero-order chi connectivity index (χ0) is 13.1. The second-order valence-electron chi connectivity index (χ2n) is 5.41. The Hall–Kier alpha value is -1.32. The first-order chi connectivity index (χ1) is 8.60. The summed E-state index contributed by atoms with van der Waals surface area (Å²) in [4.78, 5) is 11.5. The molecule has 4 nitrogen and oxygen atoms in total. The van der Waals surface area contributed by atoms with Crippen LogP contribution in [-0.4, -0.2) is 29.1 Å². The molecule has 18 heavy (non-hydrogen) atoms. The SMILES string of the molecule is CCNc1nc(C)cc(N2CC(C)CCC2C)n1. The molecule has 1 aliphatic rings. The van der Waals surface area contributed by atoms with Crippen molar-refractivity contribution in [3.63, 3.8) is 0 Å². The molecular formula is C14H24N4. The minimum Gasteiger partial charge on any atom is -0.354 e. The maximum atomic E-state index is 4.64. The molecule has 2 atom stereocenters. The Kier molecular flexibility index (Phi) is 4.04. The van der Waals surface area contributed by atoms with Crippen LogP contribution < -0.4 is 10.2 Å². The van der Waals surface area contributed by atoms with Gasteiger partial charge >= 0.3 is 0 Å². The van der Waals surface area contributed by atoms with Gasteiger partial charge in [0, 0.05) is 30.9 Å². The lowest BCUT2D eigenvalue weighted by molar-refractivity contribution is 0.388. The summed E-state index contributed by atoms with van der Waals surface area (Å²) < 4.78 is 0. The van der Waals surface area contributed by atoms with Crippen molar-refractivity contribution in [1.29, 1.82) is 0 Å². The van der Waals surface area contributed by atoms with Crippen molar-refractivity contribution in [3.05, 3.63) is 11.8 Å². The predicted molar refractivity (Wildman–Crippen MR) is 76.1 cm³/mol. The molecule has 1 aromatic heterocycles. The van der Waals surface area contributed by atoms with Gasteiger partial charge in [0.25, 0.3) is 0 Å². The molecule has 1 aliphatic heterocycles. The molecular weight excluding hydrogens is 224 g/mol. The number of nitrogens with one attached hydrogen (secondary N) is 1. The van der Waals surface area contributed by atoms with Gasteiger partial charge in [0.15, 0.2) is 0 Å². The number of nitrogens with zero attached hydrogens (tertiary/aromatic N) is 3. The normalized spacial score (nSPS) is 24.1. The lowest BCUT2D eigenvalue weighted by Gasteiger charge is -2.37. The van der Waals surface area contributed by atoms with Gasteiger partial charge in [0.05, 0.1) is 0 Å². The van der Waals surface area contributed by atoms with Crippen molar-refractivity contribution in [2.75, 3.05) is 23.3 Å². The van der Waals surface area contributed by atoms with Crippen molar-refractivity contribution >= 4 is 11.8 Å². The van der Waals surface area contributed by atoms with E-state index in [0.717, 1.165) is 36.5 Å². The lowest BCUT2D eigenvalue weighted by atomic mass is 9.95. The molecule has 0 aromatic carbocycles. The summed E-state index contributed by atoms with van der Waals surface area (Å²) >= 11 is 0. The van der Waals surface area contributed by atoms with E-state index in [2.05, 4.69) is 47.0 Å². The molecule has 1 fully saturated rings. The molecule has 1 aromatic rings. The minimum atomic E-state index is 0.574. The van der Waals surface area contributed by atoms with Crippen LogP contribution in [0.15, 0.2) is 6.07 Å². The van der Waals surface area contributed by atoms with Crippen LogP contribution in [0.3, 0.4) is 0 Å². The number of rotatable bonds is 3. The van der Waals surface area contributed by atoms with Gasteiger partial charge in [-0.15, -0.1) is 0 Å². The van der Waals surface area contributed by atoms with E-state index < -0.39 is 0 Å². The van der Waals surface area contributed by atoms with E-state index in [1.54, 1.807) is 0 Å². The summed E-state index contributed by atoms with van der Waals surface area (Å²) in [6.07, 6.45) is 2.57. The number of aryl methyl sites for hydroxylation is 1. The monoisotopic (exact) mass is 248 g/mol. The first kappa shape index (κ1) is 13.1. The highest BCUT2D eigenvalue weighted by Gasteiger charge is 2.24. The van der Waals surface area contributed by atoms with Crippen molar-refractivity contribution < 1.29 is 0 Å². The smallest absolute Gasteiger partial charge is 0.224 e. The maximum absolute atomic E-state index is 4.64. The van der Waals surface area contributed by atoms with Gasteiger partial charge in [-0.25, -0.2) is 4.98 Å². The highest BCUT2D eigenvalue weighted by molar-refractivity contribution is 5.46. The fraction of sp³-hybridized carbons (Fsp3) is 0.714. The molecule has 2 rings (SSSR count). The van der Waals surface area contributed by atoms with Gasteiger partial charge in [0.2, 0.25) is 5.95 Å². The molecule has 0 bridgehead atoms. The van der Waals surface area contributed by atoms with E-state index in [1.165, 1.54) is 12.8 Å². The average molecular weight is 248 g/mol. The van der Waals surface area contributed by atoms with Crippen LogP contribution in [0.5, 0.6) is 0 Å². The highest BCUT2D eigenvalue weighted by Crippen LogP contribution is 2.26. The first-order valence-corrected chi connectivity index (χ1v) is 6.96. The van der Waals surface area contributed by atoms with Gasteiger partial charge in [-0.3, -0.25) is 0 Å². The highest BCUT2D eigenvalue weighted by atomic mass is 15.2. The molecule has 0 radical (unpaired) electrons. The van der Waals surface area contributed by atoms with Crippen LogP contribution in [0.25, 0.3) is 0 Å². The molecule has 100 valence electrons. The molecule has 0 spiro atoms. The average Bonchev–Trinajstić information content (AvgIpc) is 2.32. The third kappa shape index (κ3) is 2.92. The van der Waals surface area contributed by atoms with Crippen LogP contribution in [0.4, 0.5) is 11.8 Å². The molecule has 2 heterocycles. The Morgan fingerprint density at radius 1 is 1.33 bits per heavy atom. The Balaban J connectivity index is 2.25. The van der Waals surface area contributed by atoms with Crippen LogP contribution >= 0.6 is 0 Å². The van der Waals surface area contributed by atoms with Crippen molar-refractivity contribution in [1.82, 2.24) is 9.97 Å². The number of anilines is 2. The first-order valence-electron chi connectivity index (χ1n) is 6.96. The van der Waals surface area contributed by atoms with E-state index in [-0.39, 0.29) is 0 Å². The summed E-state index contributed by atoms with van der Waals surface area (Å²) in [5, 5.41) is 3.20. The summed E-state index contributed by atoms with van der Waals surface area (Å²) in [5.41, 5.74) is 1.03. The molecule has 1 N–H and O–H groups in total. The summed E-state index contributed by atoms with van der Waals surface area (Å²) in [5.74, 6) is 2.56. The van der Waals surface area contributed by atoms with Gasteiger partial charge in [-0.2, -0.15) is 4.98 Å². The lowest BCUT2D eigenvalue weighted by Crippen LogP contribution is -2.41. The van der Waals surface area contributed by atoms with E-state index in [0.29, 0.717) is 6.04 Å². The predicted octanol–water partition coefficient (Wildman–Crippen LogP) is 2.84. The Bertz CT molecular complexity index is 405. The Morgan fingerprint density at radius 3 is 2.83 bits per heavy atom. The molecule has 0 aliphatic carbocycles. The summed E-state index contributed by atoms with van der Waals surface area (Å²) in [6.45, 7) is 10.7. The number of piperidine rings is 1. The van der Waals surface area contributed by atoms with Crippen molar-refractivity contribution in [2.24, 2.45) is 5.92 Å². The zero-order valence-electron chi connectivity index (χ0n) is 11.9. The maximum Gasteiger partial charge on any atom is 0.224 e. The fourth-order valence-corrected chi connectivity index (χ4v) is 2.54. The second kappa shape index (κ2) is 5.55. The Morgan fingerprint density at radius 2 is 2.11 bits per heavy atom. The van der Waals surface area contributed by atoms with E-state index in [1.807, 2.05) is 6.92 Å². The number of hydrogen-bond donors (Lipinski definition) is 1. The molecule has 0 saturated carbocycles. The molecule has 0 amide bonds. The largest absolute Gasteiger partial charge is 0.354 e. The Labute approximate surface area is 110 Å². The van der Waals surface area contributed by atoms with E-state index in [4.69, 9.17) is 0 Å². The van der Waals surface area contributed by atoms with E-state index in [9.17, 15) is 0 Å². The van der Waals surface area contributed by atoms with Gasteiger partial charge in [-0.1, -0.05) is 6.92 Å². The third-order valence-electron chi connectivity index (χ3n) is 3.59. The summed E-state index contributed by atoms with van der Waals surface area (Å²) in [6, 6.07) is 2.67. The van der Waals surface area contributed by atoms with Crippen LogP contribution in [0.2, 0.25) is 0 Å². The molecule has 2 unspecified atom stereocenters. The number of aromatic nitrogens is 2. The topological polar surface area (TPSA) is 41.1 Å². The standard InChI is InChI=1S/C14H24N4/c1-5-15-14-16-11(3)8-13(17-14)18-9-10(2)6-7-12(18)4/h8,10,12H,5-7,9H2,1-4H3,(H,15,16,17). The van der Waals surface area contributed by atoms with Gasteiger partial charge < -0.3 is 10.2 Å². The third-order valence-corrected chi connectivity index (χ3v) is 3.59. The minimum absolute atomic E-state index is 0.574. The van der Waals surface area contributed by atoms with E-state index >= 15 is 0 Å². The van der Waals surface area contributed by atoms with Gasteiger partial charge in [-0.05, 0) is 39.5 Å². The molecule has 4 heteroatoms. The van der Waals surface area contributed by atoms with Crippen molar-refractivity contribution in [2.45, 2.75) is 46.6 Å². The quantitative estimate of drug-likeness (QED) is 0.893. The number of hydrogen-bond acceptors (Lipinski definition) is 4. The second-order valence-corrected chi connectivity index (χ2v) is 5.41. The summed E-state index contributed by atoms with van der Waals surface area (Å²) in [7, 11) is 0. The van der Waals surface area contributed by atoms with Crippen LogP contribution in [0, 0.1) is 12.8 Å².